The molecule has 0 fully saturated rings. The fourth-order valence-corrected chi connectivity index (χ4v) is 3.24. The molecule has 1 heterocycles. The van der Waals surface area contributed by atoms with Crippen LogP contribution in [0.25, 0.3) is 0 Å². The van der Waals surface area contributed by atoms with Crippen molar-refractivity contribution >= 4 is 17.0 Å². The molecule has 1 aromatic heterocycles. The van der Waals surface area contributed by atoms with Crippen LogP contribution in [0.5, 0.6) is 5.75 Å². The second kappa shape index (κ2) is 6.96. The molecule has 0 spiro atoms. The average Bonchev–Trinajstić information content (AvgIpc) is 2.96. The second-order valence-electron chi connectivity index (χ2n) is 5.48. The minimum absolute atomic E-state index is 0.0688. The van der Waals surface area contributed by atoms with E-state index in [1.165, 1.54) is 4.88 Å². The number of rotatable bonds is 6. The van der Waals surface area contributed by atoms with E-state index in [1.54, 1.807) is 18.4 Å². The number of methoxy groups -OCH3 is 1. The summed E-state index contributed by atoms with van der Waals surface area (Å²) in [5.41, 5.74) is 8.43. The maximum absolute atomic E-state index is 6.20. The summed E-state index contributed by atoms with van der Waals surface area (Å²) in [6.07, 6.45) is 0. The first kappa shape index (κ1) is 15.9. The molecule has 1 unspecified atom stereocenters. The number of thiophene rings is 1. The van der Waals surface area contributed by atoms with Gasteiger partial charge in [-0.25, -0.2) is 0 Å². The van der Waals surface area contributed by atoms with E-state index >= 15 is 0 Å². The first-order chi connectivity index (χ1) is 10.0. The molecular weight excluding hydrogens is 280 g/mol. The molecule has 4 heteroatoms. The number of nitrogens with two attached hydrogens (primary N) is 1. The van der Waals surface area contributed by atoms with Crippen LogP contribution in [0.4, 0.5) is 5.69 Å². The third-order valence-corrected chi connectivity index (χ3v) is 4.42. The van der Waals surface area contributed by atoms with Crippen LogP contribution in [0.1, 0.15) is 37.3 Å². The van der Waals surface area contributed by atoms with Gasteiger partial charge in [-0.3, -0.25) is 0 Å². The summed E-state index contributed by atoms with van der Waals surface area (Å²) >= 11 is 1.78. The Hall–Kier alpha value is -1.52. The van der Waals surface area contributed by atoms with Crippen molar-refractivity contribution in [3.63, 3.8) is 0 Å². The van der Waals surface area contributed by atoms with Gasteiger partial charge in [0.2, 0.25) is 0 Å². The third-order valence-electron chi connectivity index (χ3n) is 3.56. The maximum atomic E-state index is 6.20. The molecule has 2 aromatic rings. The van der Waals surface area contributed by atoms with Gasteiger partial charge in [-0.2, -0.15) is 0 Å². The Labute approximate surface area is 131 Å². The van der Waals surface area contributed by atoms with Crippen LogP contribution in [-0.4, -0.2) is 13.2 Å². The lowest BCUT2D eigenvalue weighted by Gasteiger charge is -2.32. The Morgan fingerprint density at radius 2 is 1.95 bits per heavy atom. The van der Waals surface area contributed by atoms with Crippen molar-refractivity contribution in [1.29, 1.82) is 0 Å². The Morgan fingerprint density at radius 1 is 1.19 bits per heavy atom. The number of hydrogen-bond donors (Lipinski definition) is 1. The summed E-state index contributed by atoms with van der Waals surface area (Å²) in [4.78, 5) is 3.73. The standard InChI is InChI=1S/C17H24N2OS/c1-12(2)19(11-14-7-6-10-21-14)15-8-5-9-16(20-4)17(15)13(3)18/h5-10,12-13H,11,18H2,1-4H3. The van der Waals surface area contributed by atoms with Gasteiger partial charge in [-0.05, 0) is 44.4 Å². The fraction of sp³-hybridized carbons (Fsp3) is 0.412. The van der Waals surface area contributed by atoms with Gasteiger partial charge in [0.1, 0.15) is 5.75 Å². The Kier molecular flexibility index (Phi) is 5.26. The molecule has 2 N–H and O–H groups in total. The SMILES string of the molecule is COc1cccc(N(Cc2cccs2)C(C)C)c1C(C)N. The first-order valence-corrected chi connectivity index (χ1v) is 8.14. The van der Waals surface area contributed by atoms with Gasteiger partial charge >= 0.3 is 0 Å². The van der Waals surface area contributed by atoms with Crippen LogP contribution in [0.2, 0.25) is 0 Å². The van der Waals surface area contributed by atoms with Crippen LogP contribution < -0.4 is 15.4 Å². The molecule has 0 bridgehead atoms. The minimum atomic E-state index is -0.0688. The summed E-state index contributed by atoms with van der Waals surface area (Å²) in [6, 6.07) is 10.7. The Balaban J connectivity index is 2.44. The lowest BCUT2D eigenvalue weighted by Crippen LogP contribution is -2.31. The minimum Gasteiger partial charge on any atom is -0.496 e. The fourth-order valence-electron chi connectivity index (χ4n) is 2.53. The number of nitrogens with zero attached hydrogens (tertiary/aromatic N) is 1. The van der Waals surface area contributed by atoms with Crippen molar-refractivity contribution in [2.75, 3.05) is 12.0 Å². The molecule has 0 radical (unpaired) electrons. The third kappa shape index (κ3) is 3.57. The van der Waals surface area contributed by atoms with Gasteiger partial charge in [0.05, 0.1) is 13.7 Å². The van der Waals surface area contributed by atoms with Gasteiger partial charge in [0.15, 0.2) is 0 Å². The highest BCUT2D eigenvalue weighted by molar-refractivity contribution is 7.09. The molecule has 2 rings (SSSR count). The van der Waals surface area contributed by atoms with E-state index in [9.17, 15) is 0 Å². The van der Waals surface area contributed by atoms with Gasteiger partial charge in [-0.1, -0.05) is 12.1 Å². The number of benzene rings is 1. The van der Waals surface area contributed by atoms with Crippen LogP contribution >= 0.6 is 11.3 Å². The highest BCUT2D eigenvalue weighted by Gasteiger charge is 2.20. The van der Waals surface area contributed by atoms with Crippen LogP contribution in [-0.2, 0) is 6.54 Å². The molecule has 0 saturated heterocycles. The zero-order valence-corrected chi connectivity index (χ0v) is 14.0. The molecule has 1 atom stereocenters. The van der Waals surface area contributed by atoms with Crippen LogP contribution in [0.3, 0.4) is 0 Å². The molecular formula is C17H24N2OS. The lowest BCUT2D eigenvalue weighted by atomic mass is 10.0. The molecule has 0 aliphatic carbocycles. The van der Waals surface area contributed by atoms with E-state index in [2.05, 4.69) is 42.3 Å². The lowest BCUT2D eigenvalue weighted by molar-refractivity contribution is 0.406. The quantitative estimate of drug-likeness (QED) is 0.869. The van der Waals surface area contributed by atoms with Crippen molar-refractivity contribution in [3.05, 3.63) is 46.2 Å². The van der Waals surface area contributed by atoms with Crippen molar-refractivity contribution < 1.29 is 4.74 Å². The number of ether oxygens (including phenoxy) is 1. The Bertz CT molecular complexity index is 564. The molecule has 21 heavy (non-hydrogen) atoms. The average molecular weight is 304 g/mol. The summed E-state index contributed by atoms with van der Waals surface area (Å²) in [7, 11) is 1.70. The molecule has 114 valence electrons. The van der Waals surface area contributed by atoms with Crippen molar-refractivity contribution in [3.8, 4) is 5.75 Å². The topological polar surface area (TPSA) is 38.5 Å². The molecule has 0 saturated carbocycles. The van der Waals surface area contributed by atoms with Gasteiger partial charge in [0, 0.05) is 28.2 Å². The van der Waals surface area contributed by atoms with Gasteiger partial charge in [-0.15, -0.1) is 11.3 Å². The number of anilines is 1. The van der Waals surface area contributed by atoms with Crippen molar-refractivity contribution in [2.24, 2.45) is 5.73 Å². The Morgan fingerprint density at radius 3 is 2.48 bits per heavy atom. The van der Waals surface area contributed by atoms with E-state index in [0.29, 0.717) is 6.04 Å². The van der Waals surface area contributed by atoms with Crippen molar-refractivity contribution in [2.45, 2.75) is 39.4 Å². The van der Waals surface area contributed by atoms with E-state index in [-0.39, 0.29) is 6.04 Å². The van der Waals surface area contributed by atoms with Crippen molar-refractivity contribution in [1.82, 2.24) is 0 Å². The monoisotopic (exact) mass is 304 g/mol. The van der Waals surface area contributed by atoms with E-state index in [1.807, 2.05) is 19.1 Å². The predicted molar refractivity (Wildman–Crippen MR) is 91.2 cm³/mol. The highest BCUT2D eigenvalue weighted by Crippen LogP contribution is 2.35. The predicted octanol–water partition coefficient (Wildman–Crippen LogP) is 4.19. The van der Waals surface area contributed by atoms with Crippen LogP contribution in [0.15, 0.2) is 35.7 Å². The zero-order chi connectivity index (χ0) is 15.4. The first-order valence-electron chi connectivity index (χ1n) is 7.26. The van der Waals surface area contributed by atoms with Crippen LogP contribution in [0, 0.1) is 0 Å². The normalized spacial score (nSPS) is 12.5. The van der Waals surface area contributed by atoms with E-state index < -0.39 is 0 Å². The summed E-state index contributed by atoms with van der Waals surface area (Å²) < 4.78 is 5.51. The molecule has 1 aromatic carbocycles. The van der Waals surface area contributed by atoms with Gasteiger partial charge in [0.25, 0.3) is 0 Å². The summed E-state index contributed by atoms with van der Waals surface area (Å²) in [6.45, 7) is 7.31. The van der Waals surface area contributed by atoms with Gasteiger partial charge < -0.3 is 15.4 Å². The second-order valence-corrected chi connectivity index (χ2v) is 6.52. The summed E-state index contributed by atoms with van der Waals surface area (Å²) in [5, 5.41) is 2.12. The maximum Gasteiger partial charge on any atom is 0.125 e. The number of hydrogen-bond acceptors (Lipinski definition) is 4. The molecule has 0 aliphatic rings. The molecule has 0 amide bonds. The molecule has 3 nitrogen and oxygen atoms in total. The zero-order valence-electron chi connectivity index (χ0n) is 13.2. The smallest absolute Gasteiger partial charge is 0.125 e. The van der Waals surface area contributed by atoms with E-state index in [0.717, 1.165) is 23.5 Å². The van der Waals surface area contributed by atoms with E-state index in [4.69, 9.17) is 10.5 Å². The highest BCUT2D eigenvalue weighted by atomic mass is 32.1. The molecule has 0 aliphatic heterocycles. The summed E-state index contributed by atoms with van der Waals surface area (Å²) in [5.74, 6) is 0.860. The largest absolute Gasteiger partial charge is 0.496 e.